The highest BCUT2D eigenvalue weighted by atomic mass is 16.2. The molecule has 130 valence electrons. The van der Waals surface area contributed by atoms with Gasteiger partial charge in [0.2, 0.25) is 11.8 Å². The fraction of sp³-hybridized carbons (Fsp3) is 0.889. The van der Waals surface area contributed by atoms with Crippen LogP contribution < -0.4 is 5.32 Å². The molecule has 2 aliphatic heterocycles. The number of likely N-dealkylation sites (N-methyl/N-ethyl adjacent to an activating group) is 1. The zero-order valence-corrected chi connectivity index (χ0v) is 14.5. The molecule has 0 aromatic carbocycles. The first kappa shape index (κ1) is 16.7. The van der Waals surface area contributed by atoms with E-state index in [1.54, 1.807) is 7.05 Å². The van der Waals surface area contributed by atoms with Crippen molar-refractivity contribution in [1.82, 2.24) is 15.1 Å². The van der Waals surface area contributed by atoms with E-state index in [0.29, 0.717) is 23.8 Å². The van der Waals surface area contributed by atoms with E-state index in [1.807, 2.05) is 0 Å². The summed E-state index contributed by atoms with van der Waals surface area (Å²) in [5.74, 6) is 0.829. The molecule has 5 heteroatoms. The molecule has 2 saturated heterocycles. The van der Waals surface area contributed by atoms with Gasteiger partial charge >= 0.3 is 0 Å². The van der Waals surface area contributed by atoms with Gasteiger partial charge in [-0.05, 0) is 57.0 Å². The van der Waals surface area contributed by atoms with E-state index in [-0.39, 0.29) is 5.91 Å². The number of carbonyl (C=O) groups excluding carboxylic acids is 2. The summed E-state index contributed by atoms with van der Waals surface area (Å²) in [5, 5.41) is 2.70. The minimum Gasteiger partial charge on any atom is -0.358 e. The maximum atomic E-state index is 12.7. The molecule has 1 N–H and O–H groups in total. The average molecular weight is 321 g/mol. The molecule has 0 aromatic heterocycles. The van der Waals surface area contributed by atoms with Gasteiger partial charge in [-0.3, -0.25) is 14.5 Å². The summed E-state index contributed by atoms with van der Waals surface area (Å²) in [7, 11) is 1.70. The Bertz CT molecular complexity index is 438. The van der Waals surface area contributed by atoms with Crippen molar-refractivity contribution in [2.45, 2.75) is 51.4 Å². The van der Waals surface area contributed by atoms with E-state index in [4.69, 9.17) is 0 Å². The van der Waals surface area contributed by atoms with Crippen molar-refractivity contribution < 1.29 is 9.59 Å². The number of hydrogen-bond donors (Lipinski definition) is 1. The van der Waals surface area contributed by atoms with Crippen LogP contribution in [0.15, 0.2) is 0 Å². The second-order valence-electron chi connectivity index (χ2n) is 7.79. The summed E-state index contributed by atoms with van der Waals surface area (Å²) in [6, 6.07) is 0. The Morgan fingerprint density at radius 2 is 1.74 bits per heavy atom. The van der Waals surface area contributed by atoms with E-state index in [9.17, 15) is 9.59 Å². The van der Waals surface area contributed by atoms with Crippen LogP contribution in [0.25, 0.3) is 0 Å². The third-order valence-electron chi connectivity index (χ3n) is 6.24. The van der Waals surface area contributed by atoms with Gasteiger partial charge in [0.05, 0.1) is 6.54 Å². The van der Waals surface area contributed by atoms with Gasteiger partial charge in [0.15, 0.2) is 0 Å². The van der Waals surface area contributed by atoms with Gasteiger partial charge in [0.25, 0.3) is 0 Å². The summed E-state index contributed by atoms with van der Waals surface area (Å²) in [6.07, 6.45) is 9.29. The minimum absolute atomic E-state index is 0.0997. The van der Waals surface area contributed by atoms with Crippen molar-refractivity contribution in [3.8, 4) is 0 Å². The lowest BCUT2D eigenvalue weighted by Crippen LogP contribution is -2.52. The predicted octanol–water partition coefficient (Wildman–Crippen LogP) is 1.63. The van der Waals surface area contributed by atoms with E-state index in [2.05, 4.69) is 15.1 Å². The van der Waals surface area contributed by atoms with Crippen molar-refractivity contribution >= 4 is 11.8 Å². The molecule has 2 amide bonds. The quantitative estimate of drug-likeness (QED) is 0.859. The fourth-order valence-corrected chi connectivity index (χ4v) is 4.70. The number of carbonyl (C=O) groups is 2. The largest absolute Gasteiger partial charge is 0.358 e. The fourth-order valence-electron chi connectivity index (χ4n) is 4.70. The van der Waals surface area contributed by atoms with Gasteiger partial charge in [-0.15, -0.1) is 0 Å². The van der Waals surface area contributed by atoms with Crippen LogP contribution in [0.3, 0.4) is 0 Å². The summed E-state index contributed by atoms with van der Waals surface area (Å²) in [5.41, 5.74) is 0.311. The maximum Gasteiger partial charge on any atom is 0.233 e. The number of amides is 2. The number of hydrogen-bond acceptors (Lipinski definition) is 3. The van der Waals surface area contributed by atoms with Gasteiger partial charge in [-0.25, -0.2) is 0 Å². The zero-order valence-electron chi connectivity index (χ0n) is 14.5. The third-order valence-corrected chi connectivity index (χ3v) is 6.24. The lowest BCUT2D eigenvalue weighted by Gasteiger charge is -2.48. The van der Waals surface area contributed by atoms with Crippen LogP contribution in [0, 0.1) is 11.3 Å². The van der Waals surface area contributed by atoms with Crippen molar-refractivity contribution in [3.05, 3.63) is 0 Å². The normalized spacial score (nSPS) is 25.7. The van der Waals surface area contributed by atoms with Crippen LogP contribution in [-0.2, 0) is 9.59 Å². The monoisotopic (exact) mass is 321 g/mol. The Balaban J connectivity index is 1.54. The van der Waals surface area contributed by atoms with Gasteiger partial charge in [0, 0.05) is 26.1 Å². The molecule has 0 unspecified atom stereocenters. The minimum atomic E-state index is 0.0997. The second kappa shape index (κ2) is 7.20. The van der Waals surface area contributed by atoms with Crippen LogP contribution in [0.1, 0.15) is 51.4 Å². The molecule has 23 heavy (non-hydrogen) atoms. The highest BCUT2D eigenvalue weighted by Crippen LogP contribution is 2.40. The van der Waals surface area contributed by atoms with Crippen molar-refractivity contribution in [2.24, 2.45) is 11.3 Å². The van der Waals surface area contributed by atoms with Crippen molar-refractivity contribution in [2.75, 3.05) is 39.8 Å². The van der Waals surface area contributed by atoms with Crippen LogP contribution in [0.4, 0.5) is 0 Å². The molecule has 1 saturated carbocycles. The standard InChI is InChI=1S/C18H31N3O2/c1-19-16(22)13-20-11-8-18(9-12-20)7-4-10-21(14-18)17(23)15-5-2-3-6-15/h15H,2-14H2,1H3,(H,19,22). The molecule has 3 rings (SSSR count). The predicted molar refractivity (Wildman–Crippen MR) is 89.9 cm³/mol. The van der Waals surface area contributed by atoms with Crippen LogP contribution in [-0.4, -0.2) is 61.4 Å². The van der Waals surface area contributed by atoms with Gasteiger partial charge in [-0.2, -0.15) is 0 Å². The lowest BCUT2D eigenvalue weighted by molar-refractivity contribution is -0.140. The van der Waals surface area contributed by atoms with Crippen molar-refractivity contribution in [1.29, 1.82) is 0 Å². The number of rotatable bonds is 3. The number of nitrogens with one attached hydrogen (secondary N) is 1. The molecule has 2 heterocycles. The van der Waals surface area contributed by atoms with Gasteiger partial charge in [0.1, 0.15) is 0 Å². The van der Waals surface area contributed by atoms with Crippen LogP contribution in [0.5, 0.6) is 0 Å². The summed E-state index contributed by atoms with van der Waals surface area (Å²) in [4.78, 5) is 28.7. The lowest BCUT2D eigenvalue weighted by atomic mass is 9.72. The molecular weight excluding hydrogens is 290 g/mol. The van der Waals surface area contributed by atoms with E-state index in [0.717, 1.165) is 58.3 Å². The molecule has 0 radical (unpaired) electrons. The highest BCUT2D eigenvalue weighted by molar-refractivity contribution is 5.79. The second-order valence-corrected chi connectivity index (χ2v) is 7.79. The van der Waals surface area contributed by atoms with E-state index >= 15 is 0 Å². The first-order chi connectivity index (χ1) is 11.1. The Labute approximate surface area is 139 Å². The van der Waals surface area contributed by atoms with Gasteiger partial charge < -0.3 is 10.2 Å². The average Bonchev–Trinajstić information content (AvgIpc) is 3.11. The summed E-state index contributed by atoms with van der Waals surface area (Å²) >= 11 is 0. The molecule has 1 spiro atoms. The zero-order chi connectivity index (χ0) is 16.3. The molecule has 0 atom stereocenters. The summed E-state index contributed by atoms with van der Waals surface area (Å²) in [6.45, 7) is 4.39. The third kappa shape index (κ3) is 3.87. The Kier molecular flexibility index (Phi) is 5.24. The first-order valence-electron chi connectivity index (χ1n) is 9.34. The van der Waals surface area contributed by atoms with Gasteiger partial charge in [-0.1, -0.05) is 12.8 Å². The summed E-state index contributed by atoms with van der Waals surface area (Å²) < 4.78 is 0. The molecule has 0 aromatic rings. The highest BCUT2D eigenvalue weighted by Gasteiger charge is 2.41. The van der Waals surface area contributed by atoms with Crippen LogP contribution >= 0.6 is 0 Å². The van der Waals surface area contributed by atoms with E-state index < -0.39 is 0 Å². The number of likely N-dealkylation sites (tertiary alicyclic amines) is 2. The molecule has 3 fully saturated rings. The van der Waals surface area contributed by atoms with E-state index in [1.165, 1.54) is 19.3 Å². The van der Waals surface area contributed by atoms with Crippen molar-refractivity contribution in [3.63, 3.8) is 0 Å². The smallest absolute Gasteiger partial charge is 0.233 e. The molecule has 1 aliphatic carbocycles. The molecule has 0 bridgehead atoms. The number of piperidine rings is 2. The van der Waals surface area contributed by atoms with Crippen LogP contribution in [0.2, 0.25) is 0 Å². The Morgan fingerprint density at radius 1 is 1.04 bits per heavy atom. The number of nitrogens with zero attached hydrogens (tertiary/aromatic N) is 2. The SMILES string of the molecule is CNC(=O)CN1CCC2(CCCN(C(=O)C3CCCC3)C2)CC1. The first-order valence-corrected chi connectivity index (χ1v) is 9.34. The Hall–Kier alpha value is -1.10. The Morgan fingerprint density at radius 3 is 2.39 bits per heavy atom. The molecule has 3 aliphatic rings. The molecule has 5 nitrogen and oxygen atoms in total. The topological polar surface area (TPSA) is 52.7 Å². The molecular formula is C18H31N3O2. The maximum absolute atomic E-state index is 12.7.